The fraction of sp³-hybridized carbons (Fsp3) is 0.704. The maximum atomic E-state index is 12.9. The predicted octanol–water partition coefficient (Wildman–Crippen LogP) is 22.2. The Bertz CT molecular complexity index is 1560. The zero-order valence-corrected chi connectivity index (χ0v) is 50.4. The highest BCUT2D eigenvalue weighted by molar-refractivity contribution is 5.71. The fourth-order valence-corrected chi connectivity index (χ4v) is 8.98. The second kappa shape index (κ2) is 64.6. The second-order valence-electron chi connectivity index (χ2n) is 21.3. The summed E-state index contributed by atoms with van der Waals surface area (Å²) >= 11 is 0. The van der Waals surface area contributed by atoms with Crippen molar-refractivity contribution in [1.29, 1.82) is 0 Å². The van der Waals surface area contributed by atoms with Crippen LogP contribution in [0, 0.1) is 0 Å². The first kappa shape index (κ1) is 73.1. The highest BCUT2D eigenvalue weighted by Crippen LogP contribution is 2.17. The van der Waals surface area contributed by atoms with Gasteiger partial charge in [-0.1, -0.05) is 310 Å². The second-order valence-corrected chi connectivity index (χ2v) is 21.3. The Morgan fingerprint density at radius 2 is 0.506 bits per heavy atom. The molecule has 1 atom stereocenters. The molecule has 1 unspecified atom stereocenters. The lowest BCUT2D eigenvalue weighted by Gasteiger charge is -2.18. The van der Waals surface area contributed by atoms with Crippen LogP contribution in [0.5, 0.6) is 0 Å². The van der Waals surface area contributed by atoms with Crippen LogP contribution in [-0.2, 0) is 28.6 Å². The quantitative estimate of drug-likeness (QED) is 0.0261. The number of esters is 3. The van der Waals surface area contributed by atoms with E-state index in [-0.39, 0.29) is 37.5 Å². The van der Waals surface area contributed by atoms with Crippen molar-refractivity contribution in [2.45, 2.75) is 309 Å². The zero-order valence-electron chi connectivity index (χ0n) is 50.4. The van der Waals surface area contributed by atoms with Crippen molar-refractivity contribution in [1.82, 2.24) is 0 Å². The van der Waals surface area contributed by atoms with Crippen LogP contribution in [0.4, 0.5) is 0 Å². The number of allylic oxidation sites excluding steroid dienone is 18. The van der Waals surface area contributed by atoms with Gasteiger partial charge in [-0.2, -0.15) is 0 Å². The maximum absolute atomic E-state index is 12.9. The lowest BCUT2D eigenvalue weighted by atomic mass is 10.0. The highest BCUT2D eigenvalue weighted by atomic mass is 16.6. The number of carbonyl (C=O) groups is 3. The van der Waals surface area contributed by atoms with E-state index in [0.29, 0.717) is 19.3 Å². The molecule has 0 amide bonds. The summed E-state index contributed by atoms with van der Waals surface area (Å²) in [6.07, 6.45) is 88.1. The molecule has 0 aliphatic heterocycles. The Kier molecular flexibility index (Phi) is 61.3. The fourth-order valence-electron chi connectivity index (χ4n) is 8.98. The van der Waals surface area contributed by atoms with E-state index in [1.165, 1.54) is 154 Å². The van der Waals surface area contributed by atoms with Crippen molar-refractivity contribution in [2.75, 3.05) is 13.2 Å². The van der Waals surface area contributed by atoms with Gasteiger partial charge in [-0.25, -0.2) is 0 Å². The van der Waals surface area contributed by atoms with Crippen LogP contribution < -0.4 is 0 Å². The number of unbranched alkanes of at least 4 members (excludes halogenated alkanes) is 29. The number of rotatable bonds is 58. The number of hydrogen-bond acceptors (Lipinski definition) is 6. The Labute approximate surface area is 476 Å². The molecular formula is C71H120O6. The summed E-state index contributed by atoms with van der Waals surface area (Å²) in [4.78, 5) is 38.3. The van der Waals surface area contributed by atoms with E-state index in [4.69, 9.17) is 14.2 Å². The van der Waals surface area contributed by atoms with Gasteiger partial charge in [-0.3, -0.25) is 14.4 Å². The summed E-state index contributed by atoms with van der Waals surface area (Å²) in [5.74, 6) is -0.944. The van der Waals surface area contributed by atoms with Crippen LogP contribution in [0.3, 0.4) is 0 Å². The highest BCUT2D eigenvalue weighted by Gasteiger charge is 2.19. The predicted molar refractivity (Wildman–Crippen MR) is 334 cm³/mol. The van der Waals surface area contributed by atoms with Crippen LogP contribution in [0.2, 0.25) is 0 Å². The number of ether oxygens (including phenoxy) is 3. The first-order valence-electron chi connectivity index (χ1n) is 32.4. The lowest BCUT2D eigenvalue weighted by Crippen LogP contribution is -2.30. The van der Waals surface area contributed by atoms with Crippen LogP contribution in [0.25, 0.3) is 0 Å². The van der Waals surface area contributed by atoms with E-state index in [1.807, 2.05) is 0 Å². The molecule has 0 aromatic heterocycles. The minimum absolute atomic E-state index is 0.0924. The van der Waals surface area contributed by atoms with Gasteiger partial charge in [-0.15, -0.1) is 0 Å². The molecule has 0 saturated carbocycles. The van der Waals surface area contributed by atoms with E-state index in [9.17, 15) is 14.4 Å². The summed E-state index contributed by atoms with van der Waals surface area (Å²) in [5.41, 5.74) is 0. The minimum atomic E-state index is -0.800. The molecule has 0 aliphatic carbocycles. The van der Waals surface area contributed by atoms with Gasteiger partial charge < -0.3 is 14.2 Å². The third-order valence-electron chi connectivity index (χ3n) is 13.8. The normalized spacial score (nSPS) is 12.8. The van der Waals surface area contributed by atoms with Gasteiger partial charge in [0.2, 0.25) is 0 Å². The zero-order chi connectivity index (χ0) is 55.7. The number of carbonyl (C=O) groups excluding carboxylic acids is 3. The molecular weight excluding hydrogens is 949 g/mol. The van der Waals surface area contributed by atoms with E-state index >= 15 is 0 Å². The summed E-state index contributed by atoms with van der Waals surface area (Å²) < 4.78 is 16.9. The summed E-state index contributed by atoms with van der Waals surface area (Å²) in [6.45, 7) is 6.51. The van der Waals surface area contributed by atoms with E-state index < -0.39 is 6.10 Å². The van der Waals surface area contributed by atoms with Crippen molar-refractivity contribution in [3.63, 3.8) is 0 Å². The average Bonchev–Trinajstić information content (AvgIpc) is 3.43. The molecule has 0 aromatic rings. The van der Waals surface area contributed by atoms with Gasteiger partial charge in [0, 0.05) is 19.3 Å². The largest absolute Gasteiger partial charge is 0.462 e. The molecule has 0 fully saturated rings. The van der Waals surface area contributed by atoms with Crippen LogP contribution in [-0.4, -0.2) is 37.2 Å². The van der Waals surface area contributed by atoms with Crippen molar-refractivity contribution in [3.05, 3.63) is 109 Å². The molecule has 0 aliphatic rings. The van der Waals surface area contributed by atoms with Gasteiger partial charge in [0.1, 0.15) is 13.2 Å². The van der Waals surface area contributed by atoms with Gasteiger partial charge in [0.25, 0.3) is 0 Å². The molecule has 0 heterocycles. The Morgan fingerprint density at radius 1 is 0.273 bits per heavy atom. The van der Waals surface area contributed by atoms with Gasteiger partial charge in [-0.05, 0) is 83.5 Å². The SMILES string of the molecule is CC/C=C\C/C=C\C/C=C\C/C=C\C/C=C\C/C=C\C/C=C\C/C=C\C/C=C\CCCC(=O)OCC(COC(=O)CCCCCCCCCCCCCCC)OC(=O)CCCCCCCCCCCCCCCCCCC. The first-order valence-corrected chi connectivity index (χ1v) is 32.4. The molecule has 0 aromatic carbocycles. The topological polar surface area (TPSA) is 78.9 Å². The van der Waals surface area contributed by atoms with Gasteiger partial charge in [0.05, 0.1) is 0 Å². The van der Waals surface area contributed by atoms with E-state index in [0.717, 1.165) is 103 Å². The third kappa shape index (κ3) is 62.8. The van der Waals surface area contributed by atoms with Crippen LogP contribution >= 0.6 is 0 Å². The molecule has 440 valence electrons. The lowest BCUT2D eigenvalue weighted by molar-refractivity contribution is -0.167. The van der Waals surface area contributed by atoms with Crippen molar-refractivity contribution in [3.8, 4) is 0 Å². The molecule has 0 spiro atoms. The minimum Gasteiger partial charge on any atom is -0.462 e. The van der Waals surface area contributed by atoms with Crippen molar-refractivity contribution < 1.29 is 28.6 Å². The first-order chi connectivity index (χ1) is 38.0. The van der Waals surface area contributed by atoms with Crippen molar-refractivity contribution >= 4 is 17.9 Å². The Hall–Kier alpha value is -3.93. The van der Waals surface area contributed by atoms with E-state index in [1.54, 1.807) is 0 Å². The maximum Gasteiger partial charge on any atom is 0.306 e. The summed E-state index contributed by atoms with van der Waals surface area (Å²) in [5, 5.41) is 0. The molecule has 0 N–H and O–H groups in total. The molecule has 0 bridgehead atoms. The summed E-state index contributed by atoms with van der Waals surface area (Å²) in [6, 6.07) is 0. The molecule has 77 heavy (non-hydrogen) atoms. The van der Waals surface area contributed by atoms with Crippen molar-refractivity contribution in [2.24, 2.45) is 0 Å². The summed E-state index contributed by atoms with van der Waals surface area (Å²) in [7, 11) is 0. The standard InChI is InChI=1S/C71H120O6/c1-4-7-10-13-16-19-22-25-27-29-30-31-32-33-34-35-36-37-38-39-40-42-43-46-49-52-55-58-61-64-70(73)76-67-68(66-75-69(72)63-60-57-54-51-48-45-24-21-18-15-12-9-6-3)77-71(74)65-62-59-56-53-50-47-44-41-28-26-23-20-17-14-11-8-5-2/h7,10,16,19,25,27,30-31,33-34,36-37,39-40,43,46,52,55,68H,4-6,8-9,11-15,17-18,20-24,26,28-29,32,35,38,41-42,44-45,47-51,53-54,56-67H2,1-3H3/b10-7-,19-16-,27-25-,31-30-,34-33-,37-36-,40-39-,46-43-,55-52-. The van der Waals surface area contributed by atoms with E-state index in [2.05, 4.69) is 130 Å². The Balaban J connectivity index is 4.41. The van der Waals surface area contributed by atoms with Gasteiger partial charge in [0.15, 0.2) is 6.10 Å². The third-order valence-corrected chi connectivity index (χ3v) is 13.8. The molecule has 6 heteroatoms. The van der Waals surface area contributed by atoms with Gasteiger partial charge >= 0.3 is 17.9 Å². The van der Waals surface area contributed by atoms with Crippen LogP contribution in [0.1, 0.15) is 303 Å². The number of hydrogen-bond donors (Lipinski definition) is 0. The molecule has 0 saturated heterocycles. The monoisotopic (exact) mass is 1070 g/mol. The average molecular weight is 1070 g/mol. The van der Waals surface area contributed by atoms with Crippen LogP contribution in [0.15, 0.2) is 109 Å². The smallest absolute Gasteiger partial charge is 0.306 e. The molecule has 0 rings (SSSR count). The Morgan fingerprint density at radius 3 is 0.792 bits per heavy atom. The molecule has 6 nitrogen and oxygen atoms in total. The molecule has 0 radical (unpaired) electrons.